The minimum Gasteiger partial charge on any atom is -0.461 e. The number of halogens is 2. The maximum absolute atomic E-state index is 13.4. The van der Waals surface area contributed by atoms with Crippen LogP contribution in [0.3, 0.4) is 0 Å². The lowest BCUT2D eigenvalue weighted by Crippen LogP contribution is -2.39. The van der Waals surface area contributed by atoms with Crippen LogP contribution in [0.4, 0.5) is 13.6 Å². The molecule has 0 saturated carbocycles. The van der Waals surface area contributed by atoms with Crippen molar-refractivity contribution in [1.29, 1.82) is 0 Å². The van der Waals surface area contributed by atoms with Gasteiger partial charge in [0.2, 0.25) is 5.82 Å². The van der Waals surface area contributed by atoms with Gasteiger partial charge in [0.1, 0.15) is 5.82 Å². The summed E-state index contributed by atoms with van der Waals surface area (Å²) in [7, 11) is 1.44. The number of rotatable bonds is 7. The molecule has 3 rings (SSSR count). The summed E-state index contributed by atoms with van der Waals surface area (Å²) in [5, 5.41) is 11.9. The van der Waals surface area contributed by atoms with Crippen LogP contribution in [0, 0.1) is 11.6 Å². The van der Waals surface area contributed by atoms with Crippen molar-refractivity contribution in [3.63, 3.8) is 0 Å². The first-order valence-electron chi connectivity index (χ1n) is 8.00. The third kappa shape index (κ3) is 4.67. The number of carbonyl (C=O) groups excluding carboxylic acids is 1. The highest BCUT2D eigenvalue weighted by Gasteiger charge is 2.17. The summed E-state index contributed by atoms with van der Waals surface area (Å²) in [6.07, 6.45) is 1.51. The van der Waals surface area contributed by atoms with Crippen LogP contribution in [0.25, 0.3) is 11.6 Å². The van der Waals surface area contributed by atoms with Crippen LogP contribution in [0.5, 0.6) is 0 Å². The second-order valence-electron chi connectivity index (χ2n) is 5.59. The number of amides is 2. The third-order valence-electron chi connectivity index (χ3n) is 3.67. The minimum absolute atomic E-state index is 0.0804. The Bertz CT molecular complexity index is 898. The van der Waals surface area contributed by atoms with Crippen LogP contribution in [0.1, 0.15) is 17.4 Å². The van der Waals surface area contributed by atoms with Crippen molar-refractivity contribution in [2.75, 3.05) is 13.7 Å². The molecule has 27 heavy (non-hydrogen) atoms. The topological polar surface area (TPSA) is 105 Å². The molecule has 2 heterocycles. The van der Waals surface area contributed by atoms with Crippen molar-refractivity contribution >= 4 is 6.03 Å². The molecular weight excluding hydrogens is 360 g/mol. The Balaban J connectivity index is 1.58. The lowest BCUT2D eigenvalue weighted by atomic mass is 10.1. The predicted molar refractivity (Wildman–Crippen MR) is 90.4 cm³/mol. The zero-order valence-electron chi connectivity index (χ0n) is 14.3. The molecule has 1 unspecified atom stereocenters. The number of H-pyrrole nitrogens is 1. The van der Waals surface area contributed by atoms with Crippen molar-refractivity contribution in [1.82, 2.24) is 25.8 Å². The van der Waals surface area contributed by atoms with Gasteiger partial charge in [-0.3, -0.25) is 5.10 Å². The molecule has 0 bridgehead atoms. The monoisotopic (exact) mass is 377 g/mol. The van der Waals surface area contributed by atoms with E-state index in [9.17, 15) is 13.6 Å². The average molecular weight is 377 g/mol. The van der Waals surface area contributed by atoms with Gasteiger partial charge >= 0.3 is 6.03 Å². The number of methoxy groups -OCH3 is 1. The summed E-state index contributed by atoms with van der Waals surface area (Å²) in [6, 6.07) is 5.64. The molecule has 0 spiro atoms. The summed E-state index contributed by atoms with van der Waals surface area (Å²) in [5.74, 6) is -0.663. The molecule has 2 aromatic heterocycles. The molecule has 0 aliphatic heterocycles. The lowest BCUT2D eigenvalue weighted by molar-refractivity contribution is 0.165. The first-order valence-corrected chi connectivity index (χ1v) is 8.00. The molecule has 142 valence electrons. The largest absolute Gasteiger partial charge is 0.461 e. The molecule has 3 N–H and O–H groups in total. The van der Waals surface area contributed by atoms with Gasteiger partial charge in [-0.25, -0.2) is 18.6 Å². The number of benzene rings is 1. The van der Waals surface area contributed by atoms with E-state index in [0.29, 0.717) is 23.0 Å². The quantitative estimate of drug-likeness (QED) is 0.587. The average Bonchev–Trinajstić information content (AvgIpc) is 3.33. The molecule has 0 fully saturated rings. The Morgan fingerprint density at radius 2 is 2.19 bits per heavy atom. The van der Waals surface area contributed by atoms with Crippen LogP contribution < -0.4 is 10.6 Å². The van der Waals surface area contributed by atoms with E-state index in [4.69, 9.17) is 9.15 Å². The molecule has 10 heteroatoms. The second-order valence-corrected chi connectivity index (χ2v) is 5.59. The highest BCUT2D eigenvalue weighted by Crippen LogP contribution is 2.17. The highest BCUT2D eigenvalue weighted by atomic mass is 19.2. The van der Waals surface area contributed by atoms with E-state index in [1.54, 1.807) is 12.1 Å². The van der Waals surface area contributed by atoms with E-state index in [1.807, 2.05) is 0 Å². The van der Waals surface area contributed by atoms with E-state index < -0.39 is 23.7 Å². The van der Waals surface area contributed by atoms with Crippen LogP contribution in [-0.4, -0.2) is 34.9 Å². The van der Waals surface area contributed by atoms with Crippen molar-refractivity contribution in [2.45, 2.75) is 12.6 Å². The van der Waals surface area contributed by atoms with Gasteiger partial charge in [-0.15, -0.1) is 5.10 Å². The first-order chi connectivity index (χ1) is 13.1. The summed E-state index contributed by atoms with van der Waals surface area (Å²) in [6.45, 7) is 0.167. The number of carbonyl (C=O) groups is 1. The normalized spacial score (nSPS) is 12.0. The first kappa shape index (κ1) is 18.5. The Morgan fingerprint density at radius 1 is 1.33 bits per heavy atom. The van der Waals surface area contributed by atoms with Crippen LogP contribution in [0.15, 0.2) is 41.0 Å². The maximum atomic E-state index is 13.4. The Hall–Kier alpha value is -3.27. The highest BCUT2D eigenvalue weighted by molar-refractivity contribution is 5.74. The fraction of sp³-hybridized carbons (Fsp3) is 0.235. The van der Waals surface area contributed by atoms with Gasteiger partial charge in [-0.05, 0) is 29.8 Å². The number of urea groups is 1. The standard InChI is InChI=1S/C17H17F2N5O3/c1-26-9-13(10-4-5-11(18)12(19)7-10)21-17(25)20-8-15-22-16(24-23-15)14-3-2-6-27-14/h2-7,13H,8-9H2,1H3,(H2,20,21,25)(H,22,23,24). The van der Waals surface area contributed by atoms with E-state index >= 15 is 0 Å². The maximum Gasteiger partial charge on any atom is 0.315 e. The summed E-state index contributed by atoms with van der Waals surface area (Å²) >= 11 is 0. The Morgan fingerprint density at radius 3 is 2.89 bits per heavy atom. The lowest BCUT2D eigenvalue weighted by Gasteiger charge is -2.18. The van der Waals surface area contributed by atoms with Gasteiger partial charge in [0.05, 0.1) is 25.5 Å². The molecule has 8 nitrogen and oxygen atoms in total. The molecule has 2 amide bonds. The second kappa shape index (κ2) is 8.41. The van der Waals surface area contributed by atoms with Gasteiger partial charge in [0.25, 0.3) is 0 Å². The van der Waals surface area contributed by atoms with Crippen LogP contribution in [-0.2, 0) is 11.3 Å². The van der Waals surface area contributed by atoms with Gasteiger partial charge in [-0.1, -0.05) is 6.07 Å². The fourth-order valence-corrected chi connectivity index (χ4v) is 2.38. The molecular formula is C17H17F2N5O3. The minimum atomic E-state index is -0.997. The number of nitrogens with one attached hydrogen (secondary N) is 3. The third-order valence-corrected chi connectivity index (χ3v) is 3.67. The molecule has 0 saturated heterocycles. The molecule has 0 radical (unpaired) electrons. The molecule has 1 aromatic carbocycles. The zero-order chi connectivity index (χ0) is 19.2. The van der Waals surface area contributed by atoms with Crippen molar-refractivity contribution in [3.8, 4) is 11.6 Å². The zero-order valence-corrected chi connectivity index (χ0v) is 14.3. The molecule has 0 aliphatic rings. The SMILES string of the molecule is COCC(NC(=O)NCc1nc(-c2ccco2)n[nH]1)c1ccc(F)c(F)c1. The van der Waals surface area contributed by atoms with Gasteiger partial charge in [0, 0.05) is 7.11 Å². The van der Waals surface area contributed by atoms with E-state index in [0.717, 1.165) is 12.1 Å². The van der Waals surface area contributed by atoms with Gasteiger partial charge < -0.3 is 19.8 Å². The number of hydrogen-bond acceptors (Lipinski definition) is 5. The molecule has 0 aliphatic carbocycles. The number of nitrogens with zero attached hydrogens (tertiary/aromatic N) is 2. The number of aromatic nitrogens is 3. The van der Waals surface area contributed by atoms with E-state index in [1.165, 1.54) is 19.4 Å². The van der Waals surface area contributed by atoms with Gasteiger partial charge in [0.15, 0.2) is 17.4 Å². The van der Waals surface area contributed by atoms with Crippen molar-refractivity contribution in [2.24, 2.45) is 0 Å². The van der Waals surface area contributed by atoms with E-state index in [-0.39, 0.29) is 13.2 Å². The Labute approximate surface area is 152 Å². The summed E-state index contributed by atoms with van der Waals surface area (Å²) < 4.78 is 36.8. The van der Waals surface area contributed by atoms with Crippen LogP contribution >= 0.6 is 0 Å². The number of ether oxygens (including phenoxy) is 1. The predicted octanol–water partition coefficient (Wildman–Crippen LogP) is 2.53. The van der Waals surface area contributed by atoms with E-state index in [2.05, 4.69) is 25.8 Å². The van der Waals surface area contributed by atoms with Crippen molar-refractivity contribution in [3.05, 3.63) is 59.6 Å². The summed E-state index contributed by atoms with van der Waals surface area (Å²) in [4.78, 5) is 16.3. The molecule has 3 aromatic rings. The Kier molecular flexibility index (Phi) is 5.77. The fourth-order valence-electron chi connectivity index (χ4n) is 2.38. The van der Waals surface area contributed by atoms with Crippen molar-refractivity contribution < 1.29 is 22.7 Å². The number of hydrogen-bond donors (Lipinski definition) is 3. The smallest absolute Gasteiger partial charge is 0.315 e. The molecule has 1 atom stereocenters. The van der Waals surface area contributed by atoms with Gasteiger partial charge in [-0.2, -0.15) is 0 Å². The van der Waals surface area contributed by atoms with Crippen LogP contribution in [0.2, 0.25) is 0 Å². The number of furan rings is 1. The summed E-state index contributed by atoms with van der Waals surface area (Å²) in [5.41, 5.74) is 0.380. The number of aromatic amines is 1.